The Labute approximate surface area is 117 Å². The van der Waals surface area contributed by atoms with Gasteiger partial charge in [-0.3, -0.25) is 4.99 Å². The van der Waals surface area contributed by atoms with Crippen LogP contribution in [0.4, 0.5) is 0 Å². The standard InChI is InChI=1S/C15H16N2O3/c1-18-12-4-3-10(9-14(12)19-2)11-5-6-13(20-11)15-16-7-8-17-15/h3-6,9H,7-8H2,1-2H3,(H,16,17). The summed E-state index contributed by atoms with van der Waals surface area (Å²) in [6.07, 6.45) is 0. The van der Waals surface area contributed by atoms with Crippen molar-refractivity contribution in [3.63, 3.8) is 0 Å². The summed E-state index contributed by atoms with van der Waals surface area (Å²) < 4.78 is 16.4. The van der Waals surface area contributed by atoms with Gasteiger partial charge < -0.3 is 19.2 Å². The molecule has 0 unspecified atom stereocenters. The van der Waals surface area contributed by atoms with Gasteiger partial charge >= 0.3 is 0 Å². The van der Waals surface area contributed by atoms with Crippen molar-refractivity contribution in [3.8, 4) is 22.8 Å². The van der Waals surface area contributed by atoms with Gasteiger partial charge in [0.05, 0.1) is 20.8 Å². The van der Waals surface area contributed by atoms with Gasteiger partial charge in [-0.15, -0.1) is 0 Å². The van der Waals surface area contributed by atoms with Gasteiger partial charge in [0, 0.05) is 12.1 Å². The number of methoxy groups -OCH3 is 2. The number of aliphatic imine (C=N–C) groups is 1. The highest BCUT2D eigenvalue weighted by atomic mass is 16.5. The third-order valence-corrected chi connectivity index (χ3v) is 3.18. The van der Waals surface area contributed by atoms with Crippen LogP contribution in [0.1, 0.15) is 5.76 Å². The maximum atomic E-state index is 5.84. The van der Waals surface area contributed by atoms with Crippen LogP contribution < -0.4 is 14.8 Å². The first-order valence-corrected chi connectivity index (χ1v) is 6.43. The van der Waals surface area contributed by atoms with E-state index in [1.54, 1.807) is 14.2 Å². The van der Waals surface area contributed by atoms with Gasteiger partial charge in [0.2, 0.25) is 0 Å². The molecule has 0 fully saturated rings. The summed E-state index contributed by atoms with van der Waals surface area (Å²) in [5.41, 5.74) is 0.937. The lowest BCUT2D eigenvalue weighted by atomic mass is 10.1. The second-order valence-corrected chi connectivity index (χ2v) is 4.39. The molecular weight excluding hydrogens is 256 g/mol. The second kappa shape index (κ2) is 5.28. The van der Waals surface area contributed by atoms with Gasteiger partial charge in [-0.25, -0.2) is 0 Å². The molecule has 5 heteroatoms. The van der Waals surface area contributed by atoms with Crippen molar-refractivity contribution in [3.05, 3.63) is 36.1 Å². The third-order valence-electron chi connectivity index (χ3n) is 3.18. The zero-order chi connectivity index (χ0) is 13.9. The van der Waals surface area contributed by atoms with E-state index in [0.29, 0.717) is 11.5 Å². The van der Waals surface area contributed by atoms with Crippen LogP contribution in [0.15, 0.2) is 39.7 Å². The molecule has 1 aromatic heterocycles. The minimum absolute atomic E-state index is 0.680. The molecule has 0 aliphatic carbocycles. The van der Waals surface area contributed by atoms with E-state index < -0.39 is 0 Å². The molecule has 5 nitrogen and oxygen atoms in total. The predicted molar refractivity (Wildman–Crippen MR) is 76.7 cm³/mol. The zero-order valence-corrected chi connectivity index (χ0v) is 11.5. The lowest BCUT2D eigenvalue weighted by Crippen LogP contribution is -2.18. The molecule has 0 atom stereocenters. The van der Waals surface area contributed by atoms with Crippen molar-refractivity contribution in [1.82, 2.24) is 5.32 Å². The molecule has 0 saturated carbocycles. The number of benzene rings is 1. The fraction of sp³-hybridized carbons (Fsp3) is 0.267. The molecule has 1 aliphatic rings. The SMILES string of the molecule is COc1ccc(-c2ccc(C3=NCCN3)o2)cc1OC. The molecule has 1 N–H and O–H groups in total. The summed E-state index contributed by atoms with van der Waals surface area (Å²) in [4.78, 5) is 4.34. The van der Waals surface area contributed by atoms with Crippen LogP contribution in [0.3, 0.4) is 0 Å². The average molecular weight is 272 g/mol. The van der Waals surface area contributed by atoms with E-state index in [0.717, 1.165) is 36.0 Å². The number of hydrogen-bond acceptors (Lipinski definition) is 5. The zero-order valence-electron chi connectivity index (χ0n) is 11.5. The van der Waals surface area contributed by atoms with E-state index in [1.165, 1.54) is 0 Å². The fourth-order valence-corrected chi connectivity index (χ4v) is 2.17. The highest BCUT2D eigenvalue weighted by molar-refractivity contribution is 5.97. The lowest BCUT2D eigenvalue weighted by Gasteiger charge is -2.08. The van der Waals surface area contributed by atoms with E-state index >= 15 is 0 Å². The largest absolute Gasteiger partial charge is 0.493 e. The van der Waals surface area contributed by atoms with Crippen LogP contribution in [-0.2, 0) is 0 Å². The third kappa shape index (κ3) is 2.22. The van der Waals surface area contributed by atoms with Crippen LogP contribution in [0.2, 0.25) is 0 Å². The first-order valence-electron chi connectivity index (χ1n) is 6.43. The van der Waals surface area contributed by atoms with Gasteiger partial charge in [0.15, 0.2) is 23.1 Å². The molecule has 1 aromatic carbocycles. The maximum Gasteiger partial charge on any atom is 0.169 e. The summed E-state index contributed by atoms with van der Waals surface area (Å²) in [7, 11) is 3.23. The Hall–Kier alpha value is -2.43. The molecule has 2 heterocycles. The highest BCUT2D eigenvalue weighted by Gasteiger charge is 2.14. The Morgan fingerprint density at radius 2 is 1.85 bits per heavy atom. The van der Waals surface area contributed by atoms with Crippen LogP contribution in [0.5, 0.6) is 11.5 Å². The van der Waals surface area contributed by atoms with Crippen molar-refractivity contribution in [2.75, 3.05) is 27.3 Å². The smallest absolute Gasteiger partial charge is 0.169 e. The van der Waals surface area contributed by atoms with Gasteiger partial charge in [-0.05, 0) is 30.3 Å². The number of nitrogens with zero attached hydrogens (tertiary/aromatic N) is 1. The van der Waals surface area contributed by atoms with Crippen molar-refractivity contribution in [2.45, 2.75) is 0 Å². The normalized spacial score (nSPS) is 13.8. The summed E-state index contributed by atoms with van der Waals surface area (Å²) in [6.45, 7) is 1.66. The molecule has 0 saturated heterocycles. The molecule has 104 valence electrons. The molecule has 0 spiro atoms. The van der Waals surface area contributed by atoms with Crippen molar-refractivity contribution < 1.29 is 13.9 Å². The molecule has 0 radical (unpaired) electrons. The van der Waals surface area contributed by atoms with E-state index in [9.17, 15) is 0 Å². The lowest BCUT2D eigenvalue weighted by molar-refractivity contribution is 0.355. The molecule has 3 rings (SSSR count). The van der Waals surface area contributed by atoms with Crippen molar-refractivity contribution in [2.24, 2.45) is 4.99 Å². The highest BCUT2D eigenvalue weighted by Crippen LogP contribution is 2.33. The van der Waals surface area contributed by atoms with Crippen LogP contribution in [0, 0.1) is 0 Å². The van der Waals surface area contributed by atoms with Crippen molar-refractivity contribution in [1.29, 1.82) is 0 Å². The topological polar surface area (TPSA) is 56.0 Å². The van der Waals surface area contributed by atoms with Crippen LogP contribution in [0.25, 0.3) is 11.3 Å². The predicted octanol–water partition coefficient (Wildman–Crippen LogP) is 2.31. The Morgan fingerprint density at radius 3 is 2.55 bits per heavy atom. The summed E-state index contributed by atoms with van der Waals surface area (Å²) in [5, 5.41) is 3.19. The second-order valence-electron chi connectivity index (χ2n) is 4.39. The Balaban J connectivity index is 1.93. The van der Waals surface area contributed by atoms with E-state index in [1.807, 2.05) is 30.3 Å². The van der Waals surface area contributed by atoms with E-state index in [2.05, 4.69) is 10.3 Å². The first-order chi connectivity index (χ1) is 9.81. The number of rotatable bonds is 4. The Kier molecular flexibility index (Phi) is 3.33. The number of nitrogens with one attached hydrogen (secondary N) is 1. The van der Waals surface area contributed by atoms with Gasteiger partial charge in [0.25, 0.3) is 0 Å². The molecule has 0 bridgehead atoms. The first kappa shape index (κ1) is 12.6. The van der Waals surface area contributed by atoms with Crippen molar-refractivity contribution >= 4 is 5.84 Å². The Bertz CT molecular complexity index is 646. The summed E-state index contributed by atoms with van der Waals surface area (Å²) in [5.74, 6) is 3.73. The minimum atomic E-state index is 0.680. The Morgan fingerprint density at radius 1 is 1.05 bits per heavy atom. The molecular formula is C15H16N2O3. The monoisotopic (exact) mass is 272 g/mol. The average Bonchev–Trinajstić information content (AvgIpc) is 3.16. The van der Waals surface area contributed by atoms with Gasteiger partial charge in [0.1, 0.15) is 5.76 Å². The molecule has 0 amide bonds. The summed E-state index contributed by atoms with van der Waals surface area (Å²) in [6, 6.07) is 9.54. The van der Waals surface area contributed by atoms with Gasteiger partial charge in [-0.1, -0.05) is 0 Å². The number of furan rings is 1. The quantitative estimate of drug-likeness (QED) is 0.928. The summed E-state index contributed by atoms with van der Waals surface area (Å²) >= 11 is 0. The number of amidine groups is 1. The number of ether oxygens (including phenoxy) is 2. The fourth-order valence-electron chi connectivity index (χ4n) is 2.17. The maximum absolute atomic E-state index is 5.84. The van der Waals surface area contributed by atoms with Crippen LogP contribution >= 0.6 is 0 Å². The molecule has 20 heavy (non-hydrogen) atoms. The van der Waals surface area contributed by atoms with E-state index in [-0.39, 0.29) is 0 Å². The molecule has 2 aromatic rings. The molecule has 1 aliphatic heterocycles. The van der Waals surface area contributed by atoms with Gasteiger partial charge in [-0.2, -0.15) is 0 Å². The number of hydrogen-bond donors (Lipinski definition) is 1. The minimum Gasteiger partial charge on any atom is -0.493 e. The van der Waals surface area contributed by atoms with E-state index in [4.69, 9.17) is 13.9 Å². The van der Waals surface area contributed by atoms with Crippen LogP contribution in [-0.4, -0.2) is 33.1 Å².